The summed E-state index contributed by atoms with van der Waals surface area (Å²) in [5.74, 6) is -0.785. The third kappa shape index (κ3) is 8.34. The number of para-hydroxylation sites is 2. The Morgan fingerprint density at radius 3 is 1.04 bits per heavy atom. The van der Waals surface area contributed by atoms with Gasteiger partial charge in [0, 0.05) is 24.8 Å². The maximum Gasteiger partial charge on any atom is 0.220 e. The number of rotatable bonds is 14. The summed E-state index contributed by atoms with van der Waals surface area (Å²) >= 11 is 0. The molecule has 1 heterocycles. The van der Waals surface area contributed by atoms with Gasteiger partial charge in [-0.25, -0.2) is 0 Å². The van der Waals surface area contributed by atoms with Gasteiger partial charge in [-0.15, -0.1) is 0 Å². The Kier molecular flexibility index (Phi) is 12.7. The molecule has 6 nitrogen and oxygen atoms in total. The van der Waals surface area contributed by atoms with Gasteiger partial charge in [-0.1, -0.05) is 158 Å². The molecule has 8 heteroatoms. The molecule has 0 bridgehead atoms. The number of methoxy groups -OCH3 is 2. The van der Waals surface area contributed by atoms with Crippen LogP contribution in [-0.2, 0) is 18.9 Å². The molecule has 4 atom stereocenters. The van der Waals surface area contributed by atoms with Crippen molar-refractivity contribution in [1.29, 1.82) is 0 Å². The summed E-state index contributed by atoms with van der Waals surface area (Å²) in [6.07, 6.45) is -1.15. The van der Waals surface area contributed by atoms with E-state index < -0.39 is 39.6 Å². The van der Waals surface area contributed by atoms with Crippen molar-refractivity contribution >= 4 is 47.7 Å². The van der Waals surface area contributed by atoms with Gasteiger partial charge in [0.15, 0.2) is 0 Å². The van der Waals surface area contributed by atoms with Crippen LogP contribution in [0.4, 0.5) is 0 Å². The highest BCUT2D eigenvalue weighted by molar-refractivity contribution is 7.80. The first-order valence-electron chi connectivity index (χ1n) is 19.0. The largest absolute Gasteiger partial charge is 0.490 e. The molecule has 0 aromatic heterocycles. The molecule has 6 aromatic rings. The highest BCUT2D eigenvalue weighted by atomic mass is 31.1. The normalized spacial score (nSPS) is 20.9. The molecule has 1 aliphatic rings. The first-order chi connectivity index (χ1) is 27.2. The second-order valence-corrected chi connectivity index (χ2v) is 18.5. The Morgan fingerprint density at radius 1 is 0.446 bits per heavy atom. The Hall–Kier alpha value is -4.38. The van der Waals surface area contributed by atoms with Crippen LogP contribution >= 0.6 is 15.8 Å². The third-order valence-corrected chi connectivity index (χ3v) is 15.4. The van der Waals surface area contributed by atoms with Gasteiger partial charge in [0.05, 0.1) is 0 Å². The number of hydrogen-bond acceptors (Lipinski definition) is 6. The average molecular weight is 785 g/mol. The standard InChI is InChI=1S/C48H50O6P2/c1-35-21-19-31-43(55(37-23-11-7-12-24-37)38-25-13-8-14-26-38)45(35)51-33-41-42(54-48(4,50-6)47(3,49-5)53-41)34-52-46-36(2)22-20-32-44(46)56(39-27-15-9-16-28-39)40-29-17-10-18-30-40/h7-32,41-42H,33-34H2,1-6H3/t41-,42-,47+,48+/m0/s1. The summed E-state index contributed by atoms with van der Waals surface area (Å²) in [6, 6.07) is 55.4. The Balaban J connectivity index is 1.22. The van der Waals surface area contributed by atoms with Gasteiger partial charge < -0.3 is 28.4 Å². The first-order valence-corrected chi connectivity index (χ1v) is 21.6. The van der Waals surface area contributed by atoms with Gasteiger partial charge in [-0.3, -0.25) is 0 Å². The van der Waals surface area contributed by atoms with Crippen LogP contribution in [0.25, 0.3) is 0 Å². The zero-order valence-electron chi connectivity index (χ0n) is 32.9. The summed E-state index contributed by atoms with van der Waals surface area (Å²) < 4.78 is 39.5. The molecule has 7 rings (SSSR count). The minimum atomic E-state index is -1.23. The van der Waals surface area contributed by atoms with Crippen molar-refractivity contribution in [2.24, 2.45) is 0 Å². The molecule has 0 N–H and O–H groups in total. The van der Waals surface area contributed by atoms with E-state index in [-0.39, 0.29) is 13.2 Å². The number of hydrogen-bond donors (Lipinski definition) is 0. The van der Waals surface area contributed by atoms with Crippen molar-refractivity contribution in [3.63, 3.8) is 0 Å². The molecule has 1 fully saturated rings. The summed E-state index contributed by atoms with van der Waals surface area (Å²) in [4.78, 5) is 0. The van der Waals surface area contributed by atoms with E-state index in [1.165, 1.54) is 21.2 Å². The molecule has 0 spiro atoms. The lowest BCUT2D eigenvalue weighted by atomic mass is 10.0. The van der Waals surface area contributed by atoms with Crippen molar-refractivity contribution < 1.29 is 28.4 Å². The average Bonchev–Trinajstić information content (AvgIpc) is 3.23. The minimum absolute atomic E-state index is 0.193. The van der Waals surface area contributed by atoms with Gasteiger partial charge >= 0.3 is 0 Å². The third-order valence-electron chi connectivity index (χ3n) is 10.5. The lowest BCUT2D eigenvalue weighted by Gasteiger charge is -2.51. The molecule has 0 unspecified atom stereocenters. The highest BCUT2D eigenvalue weighted by Crippen LogP contribution is 2.42. The molecular formula is C48H50O6P2. The molecule has 0 amide bonds. The van der Waals surface area contributed by atoms with Crippen LogP contribution < -0.4 is 41.3 Å². The van der Waals surface area contributed by atoms with E-state index in [2.05, 4.69) is 172 Å². The fraction of sp³-hybridized carbons (Fsp3) is 0.250. The Bertz CT molecular complexity index is 1940. The van der Waals surface area contributed by atoms with Gasteiger partial charge in [0.25, 0.3) is 0 Å². The number of aryl methyl sites for hydroxylation is 2. The quantitative estimate of drug-likeness (QED) is 0.105. The molecule has 0 saturated carbocycles. The predicted octanol–water partition coefficient (Wildman–Crippen LogP) is 7.79. The second kappa shape index (κ2) is 17.8. The van der Waals surface area contributed by atoms with Crippen LogP contribution in [0.15, 0.2) is 158 Å². The Labute approximate surface area is 334 Å². The topological polar surface area (TPSA) is 55.4 Å². The zero-order valence-corrected chi connectivity index (χ0v) is 34.7. The smallest absolute Gasteiger partial charge is 0.220 e. The maximum atomic E-state index is 6.92. The fourth-order valence-electron chi connectivity index (χ4n) is 7.19. The maximum absolute atomic E-state index is 6.92. The van der Waals surface area contributed by atoms with Crippen LogP contribution in [-0.4, -0.2) is 51.2 Å². The molecule has 288 valence electrons. The molecule has 0 radical (unpaired) electrons. The van der Waals surface area contributed by atoms with Crippen LogP contribution in [0.2, 0.25) is 0 Å². The van der Waals surface area contributed by atoms with Gasteiger partial charge in [0.2, 0.25) is 11.6 Å². The molecule has 1 saturated heterocycles. The zero-order chi connectivity index (χ0) is 39.1. The Morgan fingerprint density at radius 2 is 0.750 bits per heavy atom. The SMILES string of the molecule is CO[C@]1(C)O[C@@H](COc2c(C)cccc2P(c2ccccc2)c2ccccc2)[C@H](COc2c(C)cccc2P(c2ccccc2)c2ccccc2)O[C@@]1(C)OC. The van der Waals surface area contributed by atoms with Crippen LogP contribution in [0.5, 0.6) is 11.5 Å². The summed E-state index contributed by atoms with van der Waals surface area (Å²) in [5, 5.41) is 7.26. The fourth-order valence-corrected chi connectivity index (χ4v) is 12.1. The van der Waals surface area contributed by atoms with E-state index in [1.807, 2.05) is 13.8 Å². The van der Waals surface area contributed by atoms with Crippen molar-refractivity contribution in [1.82, 2.24) is 0 Å². The van der Waals surface area contributed by atoms with E-state index in [9.17, 15) is 0 Å². The summed E-state index contributed by atoms with van der Waals surface area (Å²) in [5.41, 5.74) is 2.09. The lowest BCUT2D eigenvalue weighted by Crippen LogP contribution is -2.67. The lowest BCUT2D eigenvalue weighted by molar-refractivity contribution is -0.450. The molecule has 6 aromatic carbocycles. The second-order valence-electron chi connectivity index (χ2n) is 14.1. The van der Waals surface area contributed by atoms with E-state index in [1.54, 1.807) is 14.2 Å². The number of benzene rings is 6. The van der Waals surface area contributed by atoms with Crippen molar-refractivity contribution in [2.45, 2.75) is 51.5 Å². The first kappa shape index (κ1) is 39.8. The molecular weight excluding hydrogens is 734 g/mol. The van der Waals surface area contributed by atoms with E-state index in [0.717, 1.165) is 33.2 Å². The van der Waals surface area contributed by atoms with Crippen LogP contribution in [0.1, 0.15) is 25.0 Å². The van der Waals surface area contributed by atoms with Gasteiger partial charge in [-0.2, -0.15) is 0 Å². The summed E-state index contributed by atoms with van der Waals surface area (Å²) in [7, 11) is 1.38. The highest BCUT2D eigenvalue weighted by Gasteiger charge is 2.57. The molecule has 56 heavy (non-hydrogen) atoms. The van der Waals surface area contributed by atoms with Crippen LogP contribution in [0.3, 0.4) is 0 Å². The molecule has 0 aliphatic carbocycles. The monoisotopic (exact) mass is 784 g/mol. The van der Waals surface area contributed by atoms with Crippen molar-refractivity contribution in [3.05, 3.63) is 169 Å². The van der Waals surface area contributed by atoms with E-state index in [4.69, 9.17) is 28.4 Å². The van der Waals surface area contributed by atoms with E-state index >= 15 is 0 Å². The number of ether oxygens (including phenoxy) is 6. The van der Waals surface area contributed by atoms with Gasteiger partial charge in [-0.05, 0) is 75.9 Å². The van der Waals surface area contributed by atoms with Gasteiger partial charge in [0.1, 0.15) is 36.9 Å². The van der Waals surface area contributed by atoms with Crippen molar-refractivity contribution in [2.75, 3.05) is 27.4 Å². The van der Waals surface area contributed by atoms with Crippen LogP contribution in [0, 0.1) is 13.8 Å². The predicted molar refractivity (Wildman–Crippen MR) is 231 cm³/mol. The summed E-state index contributed by atoms with van der Waals surface area (Å²) in [6.45, 7) is 8.27. The van der Waals surface area contributed by atoms with Crippen molar-refractivity contribution in [3.8, 4) is 11.5 Å². The minimum Gasteiger partial charge on any atom is -0.490 e. The molecule has 1 aliphatic heterocycles. The van der Waals surface area contributed by atoms with E-state index in [0.29, 0.717) is 0 Å².